The fourth-order valence-electron chi connectivity index (χ4n) is 7.16. The van der Waals surface area contributed by atoms with E-state index in [1.54, 1.807) is 66.7 Å². The van der Waals surface area contributed by atoms with Crippen LogP contribution < -0.4 is 18.9 Å². The quantitative estimate of drug-likeness (QED) is 0.0288. The normalized spacial score (nSPS) is 11.3. The van der Waals surface area contributed by atoms with Gasteiger partial charge in [-0.2, -0.15) is 5.26 Å². The average Bonchev–Trinajstić information content (AvgIpc) is 3.32. The number of benzene rings is 5. The van der Waals surface area contributed by atoms with Crippen LogP contribution in [0.1, 0.15) is 143 Å². The van der Waals surface area contributed by atoms with Crippen molar-refractivity contribution in [1.82, 2.24) is 0 Å². The van der Waals surface area contributed by atoms with Crippen LogP contribution in [-0.2, 0) is 9.53 Å². The Morgan fingerprint density at radius 2 is 1.03 bits per heavy atom. The molecule has 0 fully saturated rings. The van der Waals surface area contributed by atoms with E-state index in [0.717, 1.165) is 60.8 Å². The monoisotopic (exact) mass is 865 g/mol. The van der Waals surface area contributed by atoms with Crippen LogP contribution >= 0.6 is 0 Å². The van der Waals surface area contributed by atoms with E-state index < -0.39 is 5.97 Å². The molecule has 0 aromatic heterocycles. The number of esters is 3. The number of carbonyl (C=O) groups excluding carboxylic acids is 3. The molecule has 9 nitrogen and oxygen atoms in total. The van der Waals surface area contributed by atoms with Gasteiger partial charge >= 0.3 is 17.9 Å². The molecule has 0 spiro atoms. The van der Waals surface area contributed by atoms with Crippen LogP contribution in [0.2, 0.25) is 0 Å². The topological polar surface area (TPSA) is 121 Å². The van der Waals surface area contributed by atoms with Gasteiger partial charge < -0.3 is 23.7 Å². The van der Waals surface area contributed by atoms with Crippen molar-refractivity contribution in [3.05, 3.63) is 132 Å². The molecule has 5 rings (SSSR count). The van der Waals surface area contributed by atoms with Gasteiger partial charge in [-0.25, -0.2) is 9.59 Å². The number of rotatable bonds is 27. The molecule has 0 amide bonds. The van der Waals surface area contributed by atoms with Crippen LogP contribution in [-0.4, -0.2) is 37.2 Å². The van der Waals surface area contributed by atoms with Crippen molar-refractivity contribution < 1.29 is 38.1 Å². The van der Waals surface area contributed by atoms with Gasteiger partial charge in [0.1, 0.15) is 28.6 Å². The molecule has 0 saturated heterocycles. The molecule has 0 aliphatic heterocycles. The first-order chi connectivity index (χ1) is 31.3. The van der Waals surface area contributed by atoms with Crippen molar-refractivity contribution in [1.29, 1.82) is 5.26 Å². The standard InChI is InChI=1S/C55H63NO8/c1-4-6-8-10-11-15-37-60-50-35-36-51(52(39-50)61-38-16-12-14-18-53(57)63-48-31-27-45(28-32-48)43-21-19-42(40-56)20-22-43)55(59)64-49-33-29-46(30-34-49)44-23-25-47(26-24-44)54(58)62-41(3)17-13-9-7-5-2/h19-36,39,41H,4-18,37-38H2,1-3H3. The van der Waals surface area contributed by atoms with E-state index in [4.69, 9.17) is 28.9 Å². The molecule has 0 bridgehead atoms. The van der Waals surface area contributed by atoms with E-state index in [0.29, 0.717) is 60.2 Å². The van der Waals surface area contributed by atoms with Gasteiger partial charge in [0.15, 0.2) is 0 Å². The van der Waals surface area contributed by atoms with Crippen LogP contribution in [0.4, 0.5) is 0 Å². The van der Waals surface area contributed by atoms with Crippen molar-refractivity contribution >= 4 is 17.9 Å². The lowest BCUT2D eigenvalue weighted by atomic mass is 10.0. The summed E-state index contributed by atoms with van der Waals surface area (Å²) in [6, 6.07) is 36.5. The van der Waals surface area contributed by atoms with Crippen molar-refractivity contribution in [2.75, 3.05) is 13.2 Å². The van der Waals surface area contributed by atoms with E-state index in [1.807, 2.05) is 55.5 Å². The zero-order valence-electron chi connectivity index (χ0n) is 37.8. The number of nitriles is 1. The molecule has 0 heterocycles. The summed E-state index contributed by atoms with van der Waals surface area (Å²) in [5, 5.41) is 9.04. The van der Waals surface area contributed by atoms with Gasteiger partial charge in [0.05, 0.1) is 36.5 Å². The summed E-state index contributed by atoms with van der Waals surface area (Å²) < 4.78 is 29.3. The largest absolute Gasteiger partial charge is 0.493 e. The fraction of sp³-hybridized carbons (Fsp3) is 0.382. The Labute approximate surface area is 379 Å². The minimum absolute atomic E-state index is 0.127. The van der Waals surface area contributed by atoms with Crippen LogP contribution in [0.3, 0.4) is 0 Å². The zero-order valence-corrected chi connectivity index (χ0v) is 37.8. The molecule has 5 aromatic rings. The summed E-state index contributed by atoms with van der Waals surface area (Å²) in [7, 11) is 0. The Morgan fingerprint density at radius 1 is 0.531 bits per heavy atom. The molecule has 0 N–H and O–H groups in total. The zero-order chi connectivity index (χ0) is 45.4. The second-order valence-corrected chi connectivity index (χ2v) is 16.2. The highest BCUT2D eigenvalue weighted by molar-refractivity contribution is 5.94. The first-order valence-electron chi connectivity index (χ1n) is 23.1. The number of carbonyl (C=O) groups is 3. The molecule has 1 atom stereocenters. The van der Waals surface area contributed by atoms with Gasteiger partial charge in [-0.3, -0.25) is 4.79 Å². The summed E-state index contributed by atoms with van der Waals surface area (Å²) in [5.74, 6) is 0.655. The molecule has 0 aliphatic carbocycles. The Hall–Kier alpha value is -6.40. The summed E-state index contributed by atoms with van der Waals surface area (Å²) in [6.07, 6.45) is 14.5. The third-order valence-corrected chi connectivity index (χ3v) is 10.9. The predicted octanol–water partition coefficient (Wildman–Crippen LogP) is 13.9. The molecule has 9 heteroatoms. The van der Waals surface area contributed by atoms with Crippen molar-refractivity contribution in [2.24, 2.45) is 0 Å². The maximum atomic E-state index is 13.6. The Balaban J connectivity index is 1.11. The molecule has 0 aliphatic rings. The highest BCUT2D eigenvalue weighted by atomic mass is 16.5. The maximum absolute atomic E-state index is 13.6. The van der Waals surface area contributed by atoms with Crippen LogP contribution in [0.15, 0.2) is 115 Å². The molecule has 336 valence electrons. The van der Waals surface area contributed by atoms with Gasteiger partial charge in [0, 0.05) is 12.5 Å². The third-order valence-electron chi connectivity index (χ3n) is 10.9. The highest BCUT2D eigenvalue weighted by Crippen LogP contribution is 2.29. The van der Waals surface area contributed by atoms with Crippen molar-refractivity contribution in [3.63, 3.8) is 0 Å². The van der Waals surface area contributed by atoms with E-state index >= 15 is 0 Å². The molecule has 0 radical (unpaired) electrons. The molecule has 64 heavy (non-hydrogen) atoms. The molecular weight excluding hydrogens is 803 g/mol. The van der Waals surface area contributed by atoms with Crippen molar-refractivity contribution in [2.45, 2.75) is 123 Å². The summed E-state index contributed by atoms with van der Waals surface area (Å²) >= 11 is 0. The number of nitrogens with zero attached hydrogens (tertiary/aromatic N) is 1. The average molecular weight is 866 g/mol. The first kappa shape index (κ1) is 48.6. The SMILES string of the molecule is CCCCCCCCOc1ccc(C(=O)Oc2ccc(-c3ccc(C(=O)OC(C)CCCCCC)cc3)cc2)c(OCCCCCC(=O)Oc2ccc(-c3ccc(C#N)cc3)cc2)c1. The lowest BCUT2D eigenvalue weighted by Gasteiger charge is -2.14. The Morgan fingerprint density at radius 3 is 1.64 bits per heavy atom. The fourth-order valence-corrected chi connectivity index (χ4v) is 7.16. The van der Waals surface area contributed by atoms with E-state index in [-0.39, 0.29) is 30.0 Å². The lowest BCUT2D eigenvalue weighted by molar-refractivity contribution is -0.134. The Kier molecular flexibility index (Phi) is 20.5. The minimum Gasteiger partial charge on any atom is -0.493 e. The number of ether oxygens (including phenoxy) is 5. The maximum Gasteiger partial charge on any atom is 0.347 e. The van der Waals surface area contributed by atoms with Gasteiger partial charge in [0.25, 0.3) is 0 Å². The van der Waals surface area contributed by atoms with Gasteiger partial charge in [-0.1, -0.05) is 114 Å². The van der Waals surface area contributed by atoms with Crippen LogP contribution in [0.25, 0.3) is 22.3 Å². The summed E-state index contributed by atoms with van der Waals surface area (Å²) in [6.45, 7) is 7.23. The van der Waals surface area contributed by atoms with Crippen LogP contribution in [0.5, 0.6) is 23.0 Å². The molecule has 5 aromatic carbocycles. The molecule has 0 saturated carbocycles. The molecular formula is C55H63NO8. The van der Waals surface area contributed by atoms with E-state index in [2.05, 4.69) is 19.9 Å². The smallest absolute Gasteiger partial charge is 0.347 e. The minimum atomic E-state index is -0.555. The van der Waals surface area contributed by atoms with E-state index in [9.17, 15) is 14.4 Å². The van der Waals surface area contributed by atoms with Gasteiger partial charge in [-0.05, 0) is 128 Å². The summed E-state index contributed by atoms with van der Waals surface area (Å²) in [4.78, 5) is 38.9. The van der Waals surface area contributed by atoms with Crippen molar-refractivity contribution in [3.8, 4) is 51.3 Å². The number of hydrogen-bond acceptors (Lipinski definition) is 9. The highest BCUT2D eigenvalue weighted by Gasteiger charge is 2.18. The lowest BCUT2D eigenvalue weighted by Crippen LogP contribution is -2.15. The second-order valence-electron chi connectivity index (χ2n) is 16.2. The van der Waals surface area contributed by atoms with Gasteiger partial charge in [-0.15, -0.1) is 0 Å². The second kappa shape index (κ2) is 26.9. The van der Waals surface area contributed by atoms with E-state index in [1.165, 1.54) is 38.5 Å². The predicted molar refractivity (Wildman–Crippen MR) is 252 cm³/mol. The Bertz CT molecular complexity index is 2230. The third kappa shape index (κ3) is 16.4. The number of hydrogen-bond donors (Lipinski definition) is 0. The summed E-state index contributed by atoms with van der Waals surface area (Å²) in [5.41, 5.74) is 5.14. The first-order valence-corrected chi connectivity index (χ1v) is 23.1. The van der Waals surface area contributed by atoms with Crippen LogP contribution in [0, 0.1) is 11.3 Å². The molecule has 1 unspecified atom stereocenters. The number of unbranched alkanes of at least 4 members (excludes halogenated alkanes) is 10. The van der Waals surface area contributed by atoms with Gasteiger partial charge in [0.2, 0.25) is 0 Å².